The Bertz CT molecular complexity index is 402. The summed E-state index contributed by atoms with van der Waals surface area (Å²) in [5.74, 6) is -0.0175. The zero-order valence-corrected chi connectivity index (χ0v) is 10.8. The van der Waals surface area contributed by atoms with Crippen LogP contribution < -0.4 is 5.32 Å². The van der Waals surface area contributed by atoms with Crippen molar-refractivity contribution in [3.05, 3.63) is 23.1 Å². The number of hydrogen-bond donors (Lipinski definition) is 2. The van der Waals surface area contributed by atoms with E-state index in [1.54, 1.807) is 17.0 Å². The fourth-order valence-electron chi connectivity index (χ4n) is 2.16. The van der Waals surface area contributed by atoms with Crippen molar-refractivity contribution in [1.82, 2.24) is 10.2 Å². The first kappa shape index (κ1) is 13.4. The number of amides is 1. The number of nitrogens with one attached hydrogen (secondary N) is 1. The lowest BCUT2D eigenvalue weighted by molar-refractivity contribution is 0.0675. The Kier molecular flexibility index (Phi) is 4.63. The van der Waals surface area contributed by atoms with Crippen molar-refractivity contribution in [2.45, 2.75) is 18.9 Å². The van der Waals surface area contributed by atoms with Crippen molar-refractivity contribution in [3.63, 3.8) is 0 Å². The minimum atomic E-state index is -0.232. The fraction of sp³-hybridized carbons (Fsp3) is 0.583. The Balaban J connectivity index is 2.01. The van der Waals surface area contributed by atoms with Crippen molar-refractivity contribution in [3.8, 4) is 0 Å². The van der Waals surface area contributed by atoms with Gasteiger partial charge in [-0.1, -0.05) is 0 Å². The minimum absolute atomic E-state index is 0.0626. The van der Waals surface area contributed by atoms with Crippen LogP contribution in [0, 0.1) is 0 Å². The van der Waals surface area contributed by atoms with Gasteiger partial charge < -0.3 is 19.7 Å². The quantitative estimate of drug-likeness (QED) is 0.843. The molecule has 2 heterocycles. The minimum Gasteiger partial charge on any atom is -0.440 e. The summed E-state index contributed by atoms with van der Waals surface area (Å²) in [6, 6.07) is 3.39. The van der Waals surface area contributed by atoms with E-state index in [1.165, 1.54) is 0 Å². The van der Waals surface area contributed by atoms with Gasteiger partial charge in [-0.3, -0.25) is 4.79 Å². The largest absolute Gasteiger partial charge is 0.440 e. The van der Waals surface area contributed by atoms with E-state index < -0.39 is 0 Å². The molecule has 0 spiro atoms. The molecule has 6 heteroatoms. The van der Waals surface area contributed by atoms with Crippen molar-refractivity contribution in [2.24, 2.45) is 0 Å². The predicted molar refractivity (Wildman–Crippen MR) is 67.7 cm³/mol. The van der Waals surface area contributed by atoms with Crippen LogP contribution in [-0.4, -0.2) is 48.2 Å². The van der Waals surface area contributed by atoms with Gasteiger partial charge in [-0.05, 0) is 43.1 Å². The molecule has 1 saturated heterocycles. The first-order chi connectivity index (χ1) is 8.70. The van der Waals surface area contributed by atoms with Gasteiger partial charge >= 0.3 is 0 Å². The normalized spacial score (nSPS) is 19.1. The molecule has 1 amide bonds. The lowest BCUT2D eigenvalue weighted by atomic mass is 10.2. The summed E-state index contributed by atoms with van der Waals surface area (Å²) < 4.78 is 5.11. The molecule has 5 nitrogen and oxygen atoms in total. The van der Waals surface area contributed by atoms with Gasteiger partial charge in [0.2, 0.25) is 0 Å². The van der Waals surface area contributed by atoms with Crippen LogP contribution in [0.1, 0.15) is 23.4 Å². The lowest BCUT2D eigenvalue weighted by Gasteiger charge is -2.24. The summed E-state index contributed by atoms with van der Waals surface area (Å²) in [5.41, 5.74) is 0. The highest BCUT2D eigenvalue weighted by molar-refractivity contribution is 6.29. The van der Waals surface area contributed by atoms with Gasteiger partial charge in [-0.25, -0.2) is 0 Å². The van der Waals surface area contributed by atoms with E-state index >= 15 is 0 Å². The summed E-state index contributed by atoms with van der Waals surface area (Å²) in [4.78, 5) is 13.8. The molecule has 0 bridgehead atoms. The van der Waals surface area contributed by atoms with E-state index in [2.05, 4.69) is 5.32 Å². The topological polar surface area (TPSA) is 65.7 Å². The average Bonchev–Trinajstić information content (AvgIpc) is 2.99. The third kappa shape index (κ3) is 3.25. The highest BCUT2D eigenvalue weighted by Gasteiger charge is 2.23. The van der Waals surface area contributed by atoms with Crippen LogP contribution in [0.5, 0.6) is 0 Å². The molecule has 2 rings (SSSR count). The molecule has 0 radical (unpaired) electrons. The Morgan fingerprint density at radius 2 is 2.44 bits per heavy atom. The van der Waals surface area contributed by atoms with E-state index in [-0.39, 0.29) is 23.5 Å². The second-order valence-electron chi connectivity index (χ2n) is 4.37. The van der Waals surface area contributed by atoms with E-state index in [0.29, 0.717) is 19.1 Å². The van der Waals surface area contributed by atoms with Crippen LogP contribution in [-0.2, 0) is 0 Å². The Morgan fingerprint density at radius 3 is 3.00 bits per heavy atom. The maximum Gasteiger partial charge on any atom is 0.289 e. The van der Waals surface area contributed by atoms with Gasteiger partial charge in [0.05, 0.1) is 6.61 Å². The number of nitrogens with zero attached hydrogens (tertiary/aromatic N) is 1. The van der Waals surface area contributed by atoms with Crippen molar-refractivity contribution < 1.29 is 14.3 Å². The summed E-state index contributed by atoms with van der Waals surface area (Å²) in [7, 11) is 0. The Hall–Kier alpha value is -1.04. The monoisotopic (exact) mass is 272 g/mol. The third-order valence-electron chi connectivity index (χ3n) is 3.04. The molecule has 1 atom stereocenters. The predicted octanol–water partition coefficient (Wildman–Crippen LogP) is 1.12. The Labute approximate surface area is 111 Å². The second-order valence-corrected chi connectivity index (χ2v) is 4.74. The van der Waals surface area contributed by atoms with Crippen molar-refractivity contribution in [2.75, 3.05) is 26.2 Å². The molecule has 0 aromatic carbocycles. The molecule has 1 aliphatic rings. The molecule has 1 aromatic heterocycles. The first-order valence-electron chi connectivity index (χ1n) is 6.09. The van der Waals surface area contributed by atoms with Gasteiger partial charge in [-0.2, -0.15) is 0 Å². The summed E-state index contributed by atoms with van der Waals surface area (Å²) in [6.07, 6.45) is 2.17. The number of furan rings is 1. The molecule has 0 saturated carbocycles. The molecular weight excluding hydrogens is 256 g/mol. The van der Waals surface area contributed by atoms with Crippen LogP contribution in [0.2, 0.25) is 5.22 Å². The second kappa shape index (κ2) is 6.22. The standard InChI is InChI=1S/C12H17ClN2O3/c13-11-4-3-10(18-11)12(17)15(6-7-16)8-9-2-1-5-14-9/h3-4,9,14,16H,1-2,5-8H2. The van der Waals surface area contributed by atoms with Gasteiger partial charge in [0.1, 0.15) is 0 Å². The molecule has 1 aliphatic heterocycles. The third-order valence-corrected chi connectivity index (χ3v) is 3.25. The van der Waals surface area contributed by atoms with Gasteiger partial charge in [0, 0.05) is 19.1 Å². The molecule has 18 heavy (non-hydrogen) atoms. The summed E-state index contributed by atoms with van der Waals surface area (Å²) in [5, 5.41) is 12.6. The number of halogens is 1. The summed E-state index contributed by atoms with van der Waals surface area (Å²) >= 11 is 5.66. The van der Waals surface area contributed by atoms with Crippen molar-refractivity contribution in [1.29, 1.82) is 0 Å². The van der Waals surface area contributed by atoms with Gasteiger partial charge in [0.15, 0.2) is 11.0 Å². The van der Waals surface area contributed by atoms with Crippen LogP contribution in [0.25, 0.3) is 0 Å². The zero-order chi connectivity index (χ0) is 13.0. The van der Waals surface area contributed by atoms with E-state index in [4.69, 9.17) is 21.1 Å². The molecule has 1 fully saturated rings. The number of carbonyl (C=O) groups is 1. The van der Waals surface area contributed by atoms with E-state index in [0.717, 1.165) is 19.4 Å². The Morgan fingerprint density at radius 1 is 1.61 bits per heavy atom. The van der Waals surface area contributed by atoms with E-state index in [1.807, 2.05) is 0 Å². The maximum atomic E-state index is 12.2. The molecule has 1 unspecified atom stereocenters. The fourth-order valence-corrected chi connectivity index (χ4v) is 2.31. The first-order valence-corrected chi connectivity index (χ1v) is 6.47. The number of aliphatic hydroxyl groups excluding tert-OH is 1. The van der Waals surface area contributed by atoms with E-state index in [9.17, 15) is 4.79 Å². The van der Waals surface area contributed by atoms with Gasteiger partial charge in [0.25, 0.3) is 5.91 Å². The molecule has 100 valence electrons. The number of rotatable bonds is 5. The van der Waals surface area contributed by atoms with Crippen LogP contribution >= 0.6 is 11.6 Å². The molecule has 0 aliphatic carbocycles. The molecule has 1 aromatic rings. The average molecular weight is 273 g/mol. The number of hydrogen-bond acceptors (Lipinski definition) is 4. The van der Waals surface area contributed by atoms with Crippen molar-refractivity contribution >= 4 is 17.5 Å². The highest BCUT2D eigenvalue weighted by Crippen LogP contribution is 2.16. The number of carbonyl (C=O) groups excluding carboxylic acids is 1. The highest BCUT2D eigenvalue weighted by atomic mass is 35.5. The van der Waals surface area contributed by atoms with Gasteiger partial charge in [-0.15, -0.1) is 0 Å². The molecular formula is C12H17ClN2O3. The number of aliphatic hydroxyl groups is 1. The lowest BCUT2D eigenvalue weighted by Crippen LogP contribution is -2.42. The maximum absolute atomic E-state index is 12.2. The molecule has 2 N–H and O–H groups in total. The van der Waals surface area contributed by atoms with Crippen LogP contribution in [0.15, 0.2) is 16.5 Å². The van der Waals surface area contributed by atoms with Crippen LogP contribution in [0.3, 0.4) is 0 Å². The smallest absolute Gasteiger partial charge is 0.289 e. The summed E-state index contributed by atoms with van der Waals surface area (Å²) in [6.45, 7) is 1.80. The zero-order valence-electron chi connectivity index (χ0n) is 10.1. The SMILES string of the molecule is O=C(c1ccc(Cl)o1)N(CCO)CC1CCCN1. The van der Waals surface area contributed by atoms with Crippen LogP contribution in [0.4, 0.5) is 0 Å².